The molecule has 0 aromatic heterocycles. The van der Waals surface area contributed by atoms with E-state index in [0.29, 0.717) is 6.42 Å². The number of hydrogen-bond donors (Lipinski definition) is 1. The fourth-order valence-electron chi connectivity index (χ4n) is 1.44. The van der Waals surface area contributed by atoms with E-state index in [-0.39, 0.29) is 34.7 Å². The van der Waals surface area contributed by atoms with Crippen molar-refractivity contribution in [3.05, 3.63) is 33.8 Å². The first-order valence-electron chi connectivity index (χ1n) is 5.35. The van der Waals surface area contributed by atoms with Gasteiger partial charge in [-0.05, 0) is 34.5 Å². The number of Topliss-reactive ketones (excluding diaryl/α,β-unsaturated/α-hetero) is 1. The van der Waals surface area contributed by atoms with Crippen LogP contribution in [0.4, 0.5) is 8.78 Å². The standard InChI is InChI=1S/C12H14BrF2NO/c1-2-7(16)5-8(17)6-9-11(14)4-3-10(13)12(9)15/h3-4,7H,2,5-6,16H2,1H3. The molecule has 0 saturated heterocycles. The number of halogens is 3. The molecule has 1 rings (SSSR count). The molecule has 0 aliphatic heterocycles. The van der Waals surface area contributed by atoms with Gasteiger partial charge in [0.15, 0.2) is 0 Å². The number of hydrogen-bond acceptors (Lipinski definition) is 2. The molecule has 0 fully saturated rings. The van der Waals surface area contributed by atoms with Gasteiger partial charge in [-0.15, -0.1) is 0 Å². The summed E-state index contributed by atoms with van der Waals surface area (Å²) in [5.74, 6) is -1.68. The minimum absolute atomic E-state index is 0.141. The lowest BCUT2D eigenvalue weighted by atomic mass is 10.0. The molecule has 2 N–H and O–H groups in total. The lowest BCUT2D eigenvalue weighted by Gasteiger charge is -2.09. The van der Waals surface area contributed by atoms with Crippen LogP contribution < -0.4 is 5.73 Å². The summed E-state index contributed by atoms with van der Waals surface area (Å²) in [6, 6.07) is 2.16. The third kappa shape index (κ3) is 3.85. The van der Waals surface area contributed by atoms with E-state index in [2.05, 4.69) is 15.9 Å². The van der Waals surface area contributed by atoms with E-state index in [0.717, 1.165) is 6.07 Å². The van der Waals surface area contributed by atoms with Crippen LogP contribution in [0.25, 0.3) is 0 Å². The number of carbonyl (C=O) groups excluding carboxylic acids is 1. The van der Waals surface area contributed by atoms with Crippen molar-refractivity contribution in [2.75, 3.05) is 0 Å². The Hall–Kier alpha value is -0.810. The Bertz CT molecular complexity index is 423. The van der Waals surface area contributed by atoms with Gasteiger partial charge in [-0.1, -0.05) is 6.92 Å². The molecule has 0 saturated carbocycles. The number of ketones is 1. The van der Waals surface area contributed by atoms with Crippen molar-refractivity contribution >= 4 is 21.7 Å². The van der Waals surface area contributed by atoms with Gasteiger partial charge in [-0.3, -0.25) is 4.79 Å². The van der Waals surface area contributed by atoms with Crippen LogP contribution in [0.3, 0.4) is 0 Å². The molecule has 0 aliphatic carbocycles. The molecule has 1 aromatic carbocycles. The highest BCUT2D eigenvalue weighted by Crippen LogP contribution is 2.22. The third-order valence-corrected chi connectivity index (χ3v) is 3.14. The average molecular weight is 306 g/mol. The summed E-state index contributed by atoms with van der Waals surface area (Å²) in [5, 5.41) is 0. The van der Waals surface area contributed by atoms with Crippen LogP contribution >= 0.6 is 15.9 Å². The summed E-state index contributed by atoms with van der Waals surface area (Å²) >= 11 is 2.96. The van der Waals surface area contributed by atoms with Crippen LogP contribution in [-0.4, -0.2) is 11.8 Å². The third-order valence-electron chi connectivity index (χ3n) is 2.53. The molecule has 94 valence electrons. The summed E-state index contributed by atoms with van der Waals surface area (Å²) in [5.41, 5.74) is 5.41. The lowest BCUT2D eigenvalue weighted by molar-refractivity contribution is -0.118. The second kappa shape index (κ2) is 6.21. The van der Waals surface area contributed by atoms with Gasteiger partial charge < -0.3 is 5.73 Å². The number of carbonyl (C=O) groups is 1. The first-order chi connectivity index (χ1) is 7.95. The van der Waals surface area contributed by atoms with Gasteiger partial charge in [0.1, 0.15) is 17.4 Å². The predicted octanol–water partition coefficient (Wildman–Crippen LogP) is 2.97. The summed E-state index contributed by atoms with van der Waals surface area (Å²) < 4.78 is 27.1. The normalized spacial score (nSPS) is 12.5. The summed E-state index contributed by atoms with van der Waals surface area (Å²) in [4.78, 5) is 11.6. The maximum Gasteiger partial charge on any atom is 0.143 e. The van der Waals surface area contributed by atoms with Gasteiger partial charge in [-0.2, -0.15) is 0 Å². The van der Waals surface area contributed by atoms with E-state index in [1.54, 1.807) is 0 Å². The zero-order valence-corrected chi connectivity index (χ0v) is 11.1. The van der Waals surface area contributed by atoms with Gasteiger partial charge in [0.05, 0.1) is 4.47 Å². The van der Waals surface area contributed by atoms with E-state index < -0.39 is 11.6 Å². The first-order valence-corrected chi connectivity index (χ1v) is 6.14. The van der Waals surface area contributed by atoms with Crippen LogP contribution in [-0.2, 0) is 11.2 Å². The van der Waals surface area contributed by atoms with E-state index in [9.17, 15) is 13.6 Å². The van der Waals surface area contributed by atoms with Crippen LogP contribution in [0.1, 0.15) is 25.3 Å². The Balaban J connectivity index is 2.81. The SMILES string of the molecule is CCC(N)CC(=O)Cc1c(F)ccc(Br)c1F. The number of rotatable bonds is 5. The quantitative estimate of drug-likeness (QED) is 0.850. The molecule has 1 atom stereocenters. The van der Waals surface area contributed by atoms with Gasteiger partial charge in [0, 0.05) is 24.4 Å². The topological polar surface area (TPSA) is 43.1 Å². The number of nitrogens with two attached hydrogens (primary N) is 1. The van der Waals surface area contributed by atoms with Gasteiger partial charge in [0.25, 0.3) is 0 Å². The highest BCUT2D eigenvalue weighted by Gasteiger charge is 2.17. The molecule has 0 aliphatic rings. The molecule has 17 heavy (non-hydrogen) atoms. The van der Waals surface area contributed by atoms with E-state index in [4.69, 9.17) is 5.73 Å². The van der Waals surface area contributed by atoms with Crippen LogP contribution in [0.15, 0.2) is 16.6 Å². The highest BCUT2D eigenvalue weighted by atomic mass is 79.9. The van der Waals surface area contributed by atoms with Gasteiger partial charge in [-0.25, -0.2) is 8.78 Å². The molecule has 2 nitrogen and oxygen atoms in total. The molecular weight excluding hydrogens is 292 g/mol. The van der Waals surface area contributed by atoms with E-state index in [1.807, 2.05) is 6.92 Å². The Morgan fingerprint density at radius 2 is 2.12 bits per heavy atom. The van der Waals surface area contributed by atoms with Crippen molar-refractivity contribution < 1.29 is 13.6 Å². The Labute approximate surface area is 107 Å². The van der Waals surface area contributed by atoms with Crippen LogP contribution in [0.2, 0.25) is 0 Å². The average Bonchev–Trinajstić information content (AvgIpc) is 2.29. The van der Waals surface area contributed by atoms with Crippen molar-refractivity contribution in [1.82, 2.24) is 0 Å². The van der Waals surface area contributed by atoms with Crippen molar-refractivity contribution in [3.63, 3.8) is 0 Å². The maximum atomic E-state index is 13.6. The molecule has 0 heterocycles. The molecule has 0 radical (unpaired) electrons. The summed E-state index contributed by atoms with van der Waals surface area (Å²) in [7, 11) is 0. The zero-order valence-electron chi connectivity index (χ0n) is 9.47. The van der Waals surface area contributed by atoms with E-state index in [1.165, 1.54) is 6.07 Å². The predicted molar refractivity (Wildman–Crippen MR) is 65.7 cm³/mol. The molecule has 1 aromatic rings. The Morgan fingerprint density at radius 1 is 1.47 bits per heavy atom. The summed E-state index contributed by atoms with van der Waals surface area (Å²) in [6.07, 6.45) is 0.544. The smallest absolute Gasteiger partial charge is 0.143 e. The van der Waals surface area contributed by atoms with Crippen LogP contribution in [0, 0.1) is 11.6 Å². The minimum atomic E-state index is -0.719. The fraction of sp³-hybridized carbons (Fsp3) is 0.417. The highest BCUT2D eigenvalue weighted by molar-refractivity contribution is 9.10. The Morgan fingerprint density at radius 3 is 2.71 bits per heavy atom. The van der Waals surface area contributed by atoms with Crippen LogP contribution in [0.5, 0.6) is 0 Å². The minimum Gasteiger partial charge on any atom is -0.327 e. The number of benzene rings is 1. The van der Waals surface area contributed by atoms with Crippen molar-refractivity contribution in [1.29, 1.82) is 0 Å². The molecule has 5 heteroatoms. The first kappa shape index (κ1) is 14.3. The van der Waals surface area contributed by atoms with E-state index >= 15 is 0 Å². The molecule has 0 bridgehead atoms. The molecular formula is C12H14BrF2NO. The second-order valence-electron chi connectivity index (χ2n) is 3.91. The van der Waals surface area contributed by atoms with Crippen molar-refractivity contribution in [2.24, 2.45) is 5.73 Å². The Kier molecular flexibility index (Phi) is 5.21. The molecule has 0 amide bonds. The molecule has 0 spiro atoms. The van der Waals surface area contributed by atoms with Crippen molar-refractivity contribution in [3.8, 4) is 0 Å². The maximum absolute atomic E-state index is 13.6. The van der Waals surface area contributed by atoms with Crippen molar-refractivity contribution in [2.45, 2.75) is 32.2 Å². The summed E-state index contributed by atoms with van der Waals surface area (Å²) in [6.45, 7) is 1.86. The fourth-order valence-corrected chi connectivity index (χ4v) is 1.81. The molecule has 1 unspecified atom stereocenters. The van der Waals surface area contributed by atoms with Gasteiger partial charge >= 0.3 is 0 Å². The lowest BCUT2D eigenvalue weighted by Crippen LogP contribution is -2.24. The monoisotopic (exact) mass is 305 g/mol. The second-order valence-corrected chi connectivity index (χ2v) is 4.76. The largest absolute Gasteiger partial charge is 0.327 e. The zero-order chi connectivity index (χ0) is 13.0. The van der Waals surface area contributed by atoms with Gasteiger partial charge in [0.2, 0.25) is 0 Å².